The molecule has 2 heterocycles. The van der Waals surface area contributed by atoms with Gasteiger partial charge >= 0.3 is 0 Å². The van der Waals surface area contributed by atoms with Crippen LogP contribution < -0.4 is 0 Å². The van der Waals surface area contributed by atoms with Crippen molar-refractivity contribution < 1.29 is 5.11 Å². The molecule has 114 valence electrons. The van der Waals surface area contributed by atoms with Gasteiger partial charge in [-0.2, -0.15) is 0 Å². The van der Waals surface area contributed by atoms with Crippen molar-refractivity contribution in [1.29, 1.82) is 0 Å². The lowest BCUT2D eigenvalue weighted by atomic mass is 9.88. The summed E-state index contributed by atoms with van der Waals surface area (Å²) in [4.78, 5) is 3.54. The van der Waals surface area contributed by atoms with Crippen molar-refractivity contribution in [2.45, 2.75) is 25.4 Å². The summed E-state index contributed by atoms with van der Waals surface area (Å²) >= 11 is 1.69. The van der Waals surface area contributed by atoms with Gasteiger partial charge in [0.15, 0.2) is 0 Å². The van der Waals surface area contributed by atoms with E-state index in [1.165, 1.54) is 22.3 Å². The minimum absolute atomic E-state index is 0.375. The molecular weight excluding hydrogens is 290 g/mol. The molecule has 1 aliphatic heterocycles. The molecule has 1 unspecified atom stereocenters. The van der Waals surface area contributed by atoms with Crippen LogP contribution in [0.2, 0.25) is 0 Å². The van der Waals surface area contributed by atoms with Gasteiger partial charge in [0.1, 0.15) is 0 Å². The number of piperidine rings is 1. The normalized spacial score (nSPS) is 22.2. The van der Waals surface area contributed by atoms with Crippen molar-refractivity contribution in [3.63, 3.8) is 0 Å². The molecule has 2 aromatic rings. The van der Waals surface area contributed by atoms with Crippen molar-refractivity contribution in [3.8, 4) is 0 Å². The zero-order valence-electron chi connectivity index (χ0n) is 12.9. The van der Waals surface area contributed by atoms with Crippen LogP contribution >= 0.6 is 11.3 Å². The van der Waals surface area contributed by atoms with Gasteiger partial charge in [-0.25, -0.2) is 0 Å². The fraction of sp³-hybridized carbons (Fsp3) is 0.368. The van der Waals surface area contributed by atoms with Crippen molar-refractivity contribution in [3.05, 3.63) is 62.9 Å². The predicted molar refractivity (Wildman–Crippen MR) is 92.2 cm³/mol. The second-order valence-electron chi connectivity index (χ2n) is 6.36. The standard InChI is InChI=1S/C19H21NOS/c1-20-9-6-13(7-10-20)18-15-5-3-2-4-14(15)12-17(21)19-16(18)8-11-22-19/h2-5,8,11,17,21H,6-7,9-10,12H2,1H3. The Morgan fingerprint density at radius 3 is 2.68 bits per heavy atom. The zero-order valence-corrected chi connectivity index (χ0v) is 13.7. The quantitative estimate of drug-likeness (QED) is 0.798. The number of aliphatic hydroxyl groups is 1. The monoisotopic (exact) mass is 311 g/mol. The number of likely N-dealkylation sites (tertiary alicyclic amines) is 1. The molecule has 3 heteroatoms. The number of hydrogen-bond acceptors (Lipinski definition) is 3. The van der Waals surface area contributed by atoms with Crippen LogP contribution in [0.4, 0.5) is 0 Å². The van der Waals surface area contributed by atoms with E-state index in [2.05, 4.69) is 47.7 Å². The molecule has 1 aromatic heterocycles. The molecule has 0 radical (unpaired) electrons. The molecule has 0 amide bonds. The number of thiophene rings is 1. The highest BCUT2D eigenvalue weighted by Gasteiger charge is 2.27. The molecule has 1 aromatic carbocycles. The maximum absolute atomic E-state index is 10.6. The first-order valence-electron chi connectivity index (χ1n) is 7.98. The average Bonchev–Trinajstić information content (AvgIpc) is 2.96. The van der Waals surface area contributed by atoms with E-state index >= 15 is 0 Å². The number of aliphatic hydroxyl groups excluding tert-OH is 1. The van der Waals surface area contributed by atoms with Crippen molar-refractivity contribution in [2.75, 3.05) is 20.1 Å². The third-order valence-corrected chi connectivity index (χ3v) is 5.93. The van der Waals surface area contributed by atoms with Crippen LogP contribution in [-0.2, 0) is 6.42 Å². The SMILES string of the molecule is CN1CCC(=C2c3ccccc3CC(O)c3sccc32)CC1. The maximum atomic E-state index is 10.6. The third-order valence-electron chi connectivity index (χ3n) is 4.91. The van der Waals surface area contributed by atoms with Crippen LogP contribution in [0.3, 0.4) is 0 Å². The molecule has 1 N–H and O–H groups in total. The smallest absolute Gasteiger partial charge is 0.0928 e. The number of hydrogen-bond donors (Lipinski definition) is 1. The number of benzene rings is 1. The second-order valence-corrected chi connectivity index (χ2v) is 7.31. The first-order valence-corrected chi connectivity index (χ1v) is 8.86. The Bertz CT molecular complexity index is 721. The van der Waals surface area contributed by atoms with E-state index in [4.69, 9.17) is 0 Å². The Kier molecular flexibility index (Phi) is 3.65. The van der Waals surface area contributed by atoms with Gasteiger partial charge in [-0.1, -0.05) is 29.8 Å². The Morgan fingerprint density at radius 1 is 1.09 bits per heavy atom. The first-order chi connectivity index (χ1) is 10.7. The molecule has 2 nitrogen and oxygen atoms in total. The minimum Gasteiger partial charge on any atom is -0.387 e. The number of fused-ring (bicyclic) bond motifs is 2. The highest BCUT2D eigenvalue weighted by molar-refractivity contribution is 7.10. The molecule has 1 aliphatic carbocycles. The van der Waals surface area contributed by atoms with Crippen molar-refractivity contribution in [1.82, 2.24) is 4.90 Å². The van der Waals surface area contributed by atoms with E-state index in [1.54, 1.807) is 16.9 Å². The van der Waals surface area contributed by atoms with Gasteiger partial charge in [-0.3, -0.25) is 0 Å². The van der Waals surface area contributed by atoms with Crippen LogP contribution in [0.25, 0.3) is 5.57 Å². The maximum Gasteiger partial charge on any atom is 0.0928 e. The van der Waals surface area contributed by atoms with Crippen LogP contribution in [0.1, 0.15) is 40.5 Å². The fourth-order valence-electron chi connectivity index (χ4n) is 3.69. The molecule has 0 bridgehead atoms. The van der Waals surface area contributed by atoms with Crippen LogP contribution in [0.15, 0.2) is 41.3 Å². The summed E-state index contributed by atoms with van der Waals surface area (Å²) in [6.45, 7) is 2.26. The zero-order chi connectivity index (χ0) is 15.1. The lowest BCUT2D eigenvalue weighted by Crippen LogP contribution is -2.27. The summed E-state index contributed by atoms with van der Waals surface area (Å²) < 4.78 is 0. The van der Waals surface area contributed by atoms with Gasteiger partial charge < -0.3 is 10.0 Å². The summed E-state index contributed by atoms with van der Waals surface area (Å²) in [6.07, 6.45) is 2.61. The molecule has 1 fully saturated rings. The second kappa shape index (κ2) is 5.65. The summed E-state index contributed by atoms with van der Waals surface area (Å²) in [7, 11) is 2.20. The highest BCUT2D eigenvalue weighted by Crippen LogP contribution is 2.43. The number of rotatable bonds is 0. The molecule has 4 rings (SSSR count). The van der Waals surface area contributed by atoms with E-state index in [-0.39, 0.29) is 6.10 Å². The Morgan fingerprint density at radius 2 is 1.86 bits per heavy atom. The van der Waals surface area contributed by atoms with E-state index in [0.717, 1.165) is 37.2 Å². The third kappa shape index (κ3) is 2.34. The predicted octanol–water partition coefficient (Wildman–Crippen LogP) is 3.87. The van der Waals surface area contributed by atoms with E-state index in [9.17, 15) is 5.11 Å². The lowest BCUT2D eigenvalue weighted by molar-refractivity contribution is 0.182. The lowest BCUT2D eigenvalue weighted by Gasteiger charge is -2.27. The van der Waals surface area contributed by atoms with Gasteiger partial charge in [0.2, 0.25) is 0 Å². The fourth-order valence-corrected chi connectivity index (χ4v) is 4.58. The number of nitrogens with zero attached hydrogens (tertiary/aromatic N) is 1. The molecule has 2 aliphatic rings. The summed E-state index contributed by atoms with van der Waals surface area (Å²) in [5.74, 6) is 0. The molecule has 1 atom stereocenters. The topological polar surface area (TPSA) is 23.5 Å². The Hall–Kier alpha value is -1.42. The molecule has 0 spiro atoms. The van der Waals surface area contributed by atoms with Crippen LogP contribution in [0, 0.1) is 0 Å². The van der Waals surface area contributed by atoms with Crippen LogP contribution in [-0.4, -0.2) is 30.1 Å². The summed E-state index contributed by atoms with van der Waals surface area (Å²) in [6, 6.07) is 10.8. The van der Waals surface area contributed by atoms with Crippen molar-refractivity contribution in [2.24, 2.45) is 0 Å². The Labute approximate surface area is 135 Å². The molecule has 1 saturated heterocycles. The van der Waals surface area contributed by atoms with Crippen LogP contribution in [0.5, 0.6) is 0 Å². The Balaban J connectivity index is 1.94. The van der Waals surface area contributed by atoms with E-state index in [0.29, 0.717) is 0 Å². The summed E-state index contributed by atoms with van der Waals surface area (Å²) in [5, 5.41) is 12.7. The molecular formula is C19H21NOS. The van der Waals surface area contributed by atoms with E-state index < -0.39 is 0 Å². The summed E-state index contributed by atoms with van der Waals surface area (Å²) in [5.41, 5.74) is 6.83. The molecule has 22 heavy (non-hydrogen) atoms. The van der Waals surface area contributed by atoms with Gasteiger partial charge in [-0.05, 0) is 53.6 Å². The van der Waals surface area contributed by atoms with Gasteiger partial charge in [-0.15, -0.1) is 11.3 Å². The van der Waals surface area contributed by atoms with Crippen molar-refractivity contribution >= 4 is 16.9 Å². The average molecular weight is 311 g/mol. The molecule has 0 saturated carbocycles. The van der Waals surface area contributed by atoms with Gasteiger partial charge in [0.25, 0.3) is 0 Å². The first kappa shape index (κ1) is 14.2. The van der Waals surface area contributed by atoms with Gasteiger partial charge in [0.05, 0.1) is 6.10 Å². The van der Waals surface area contributed by atoms with E-state index in [1.807, 2.05) is 0 Å². The van der Waals surface area contributed by atoms with Gasteiger partial charge in [0, 0.05) is 24.4 Å². The highest BCUT2D eigenvalue weighted by atomic mass is 32.1. The minimum atomic E-state index is -0.375. The largest absolute Gasteiger partial charge is 0.387 e.